The van der Waals surface area contributed by atoms with Gasteiger partial charge in [-0.3, -0.25) is 4.79 Å². The molecule has 3 rings (SSSR count). The summed E-state index contributed by atoms with van der Waals surface area (Å²) in [5.74, 6) is -0.367. The lowest BCUT2D eigenvalue weighted by Gasteiger charge is -2.38. The summed E-state index contributed by atoms with van der Waals surface area (Å²) in [6.07, 6.45) is 0. The topological polar surface area (TPSA) is 115 Å². The Hall–Kier alpha value is -1.94. The maximum Gasteiger partial charge on any atom is 0.253 e. The van der Waals surface area contributed by atoms with Gasteiger partial charge in [0, 0.05) is 23.7 Å². The molecule has 0 aromatic heterocycles. The Balaban J connectivity index is 1.69. The number of primary sulfonamides is 1. The van der Waals surface area contributed by atoms with Gasteiger partial charge >= 0.3 is 0 Å². The largest absolute Gasteiger partial charge is 0.336 e. The summed E-state index contributed by atoms with van der Waals surface area (Å²) in [5.41, 5.74) is 0.264. The molecule has 1 aliphatic rings. The molecule has 7 nitrogen and oxygen atoms in total. The van der Waals surface area contributed by atoms with Crippen molar-refractivity contribution in [3.8, 4) is 0 Å². The Morgan fingerprint density at radius 3 is 1.92 bits per heavy atom. The molecular weight excluding hydrogens is 400 g/mol. The van der Waals surface area contributed by atoms with Crippen LogP contribution in [0.4, 0.5) is 0 Å². The lowest BCUT2D eigenvalue weighted by molar-refractivity contribution is 0.0658. The number of sulfone groups is 1. The lowest BCUT2D eigenvalue weighted by atomic mass is 10.1. The van der Waals surface area contributed by atoms with E-state index in [0.29, 0.717) is 5.02 Å². The Bertz CT molecular complexity index is 1040. The van der Waals surface area contributed by atoms with E-state index in [-0.39, 0.29) is 34.4 Å². The molecule has 1 amide bonds. The average molecular weight is 415 g/mol. The first-order valence-electron chi connectivity index (χ1n) is 7.50. The van der Waals surface area contributed by atoms with Crippen LogP contribution in [0.2, 0.25) is 5.02 Å². The summed E-state index contributed by atoms with van der Waals surface area (Å²) < 4.78 is 47.5. The summed E-state index contributed by atoms with van der Waals surface area (Å²) in [6.45, 7) is 0.140. The third kappa shape index (κ3) is 3.61. The molecule has 2 N–H and O–H groups in total. The van der Waals surface area contributed by atoms with E-state index in [1.165, 1.54) is 53.4 Å². The van der Waals surface area contributed by atoms with Crippen LogP contribution < -0.4 is 5.14 Å². The zero-order valence-corrected chi connectivity index (χ0v) is 15.8. The lowest BCUT2D eigenvalue weighted by Crippen LogP contribution is -2.56. The SMILES string of the molecule is NS(=O)(=O)c1ccc(C(=O)N2CC(S(=O)(=O)c3ccc(Cl)cc3)C2)cc1. The highest BCUT2D eigenvalue weighted by molar-refractivity contribution is 7.92. The fourth-order valence-corrected chi connectivity index (χ4v) is 4.88. The third-order valence-electron chi connectivity index (χ3n) is 4.15. The molecule has 1 heterocycles. The van der Waals surface area contributed by atoms with Crippen LogP contribution >= 0.6 is 11.6 Å². The molecule has 138 valence electrons. The first-order valence-corrected chi connectivity index (χ1v) is 11.0. The second kappa shape index (κ2) is 6.66. The molecule has 1 fully saturated rings. The molecular formula is C16H15ClN2O5S2. The van der Waals surface area contributed by atoms with Gasteiger partial charge in [-0.15, -0.1) is 0 Å². The van der Waals surface area contributed by atoms with Gasteiger partial charge in [-0.1, -0.05) is 11.6 Å². The van der Waals surface area contributed by atoms with Gasteiger partial charge in [0.2, 0.25) is 10.0 Å². The van der Waals surface area contributed by atoms with E-state index in [2.05, 4.69) is 0 Å². The second-order valence-electron chi connectivity index (χ2n) is 5.90. The molecule has 0 aliphatic carbocycles. The molecule has 1 aliphatic heterocycles. The summed E-state index contributed by atoms with van der Waals surface area (Å²) in [4.78, 5) is 13.8. The minimum atomic E-state index is -3.83. The number of likely N-dealkylation sites (tertiary alicyclic amines) is 1. The van der Waals surface area contributed by atoms with Gasteiger partial charge in [0.05, 0.1) is 9.79 Å². The van der Waals surface area contributed by atoms with E-state index in [0.717, 1.165) is 0 Å². The predicted octanol–water partition coefficient (Wildman–Crippen LogP) is 1.29. The number of hydrogen-bond donors (Lipinski definition) is 1. The van der Waals surface area contributed by atoms with Gasteiger partial charge < -0.3 is 4.90 Å². The van der Waals surface area contributed by atoms with Crippen LogP contribution in [-0.4, -0.2) is 46.0 Å². The van der Waals surface area contributed by atoms with E-state index in [4.69, 9.17) is 16.7 Å². The van der Waals surface area contributed by atoms with Gasteiger partial charge in [0.25, 0.3) is 5.91 Å². The molecule has 0 radical (unpaired) electrons. The second-order valence-corrected chi connectivity index (χ2v) is 10.1. The molecule has 0 unspecified atom stereocenters. The highest BCUT2D eigenvalue weighted by Gasteiger charge is 2.40. The van der Waals surface area contributed by atoms with E-state index in [9.17, 15) is 21.6 Å². The van der Waals surface area contributed by atoms with E-state index in [1.54, 1.807) is 0 Å². The van der Waals surface area contributed by atoms with Crippen LogP contribution in [0.25, 0.3) is 0 Å². The fraction of sp³-hybridized carbons (Fsp3) is 0.188. The van der Waals surface area contributed by atoms with Gasteiger partial charge in [0.1, 0.15) is 5.25 Å². The van der Waals surface area contributed by atoms with E-state index >= 15 is 0 Å². The summed E-state index contributed by atoms with van der Waals surface area (Å²) in [5, 5.41) is 4.77. The zero-order valence-electron chi connectivity index (χ0n) is 13.4. The summed E-state index contributed by atoms with van der Waals surface area (Å²) in [6, 6.07) is 11.1. The number of carbonyl (C=O) groups is 1. The standard InChI is InChI=1S/C16H15ClN2O5S2/c17-12-3-7-13(8-4-12)25(21,22)15-9-19(10-15)16(20)11-1-5-14(6-2-11)26(18,23)24/h1-8,15H,9-10H2,(H2,18,23,24). The van der Waals surface area contributed by atoms with E-state index in [1.807, 2.05) is 0 Å². The van der Waals surface area contributed by atoms with E-state index < -0.39 is 25.1 Å². The van der Waals surface area contributed by atoms with Crippen molar-refractivity contribution in [1.82, 2.24) is 4.90 Å². The normalized spacial score (nSPS) is 15.5. The monoisotopic (exact) mass is 414 g/mol. The maximum absolute atomic E-state index is 12.5. The number of benzene rings is 2. The predicted molar refractivity (Wildman–Crippen MR) is 96.1 cm³/mol. The first kappa shape index (κ1) is 18.8. The number of nitrogens with zero attached hydrogens (tertiary/aromatic N) is 1. The highest BCUT2D eigenvalue weighted by atomic mass is 35.5. The smallest absolute Gasteiger partial charge is 0.253 e. The average Bonchev–Trinajstić information content (AvgIpc) is 2.53. The fourth-order valence-electron chi connectivity index (χ4n) is 2.59. The highest BCUT2D eigenvalue weighted by Crippen LogP contribution is 2.26. The number of rotatable bonds is 4. The Kier molecular flexibility index (Phi) is 4.82. The summed E-state index contributed by atoms with van der Waals surface area (Å²) >= 11 is 5.77. The van der Waals surface area contributed by atoms with Crippen molar-refractivity contribution in [1.29, 1.82) is 0 Å². The van der Waals surface area contributed by atoms with Crippen LogP contribution in [0, 0.1) is 0 Å². The molecule has 2 aromatic rings. The van der Waals surface area contributed by atoms with Gasteiger partial charge in [-0.2, -0.15) is 0 Å². The van der Waals surface area contributed by atoms with Crippen molar-refractivity contribution in [3.05, 3.63) is 59.1 Å². The summed E-state index contributed by atoms with van der Waals surface area (Å²) in [7, 11) is -7.37. The quantitative estimate of drug-likeness (QED) is 0.809. The Morgan fingerprint density at radius 1 is 0.923 bits per heavy atom. The molecule has 2 aromatic carbocycles. The van der Waals surface area contributed by atoms with Gasteiger partial charge in [0.15, 0.2) is 9.84 Å². The number of hydrogen-bond acceptors (Lipinski definition) is 5. The van der Waals surface area contributed by atoms with Crippen LogP contribution in [0.5, 0.6) is 0 Å². The first-order chi connectivity index (χ1) is 12.1. The van der Waals surface area contributed by atoms with Crippen LogP contribution in [-0.2, 0) is 19.9 Å². The number of halogens is 1. The molecule has 0 atom stereocenters. The van der Waals surface area contributed by atoms with Crippen molar-refractivity contribution in [3.63, 3.8) is 0 Å². The third-order valence-corrected chi connectivity index (χ3v) is 7.43. The van der Waals surface area contributed by atoms with Crippen molar-refractivity contribution < 1.29 is 21.6 Å². The van der Waals surface area contributed by atoms with Crippen molar-refractivity contribution in [2.24, 2.45) is 5.14 Å². The molecule has 1 saturated heterocycles. The molecule has 0 saturated carbocycles. The molecule has 26 heavy (non-hydrogen) atoms. The maximum atomic E-state index is 12.5. The van der Waals surface area contributed by atoms with Crippen molar-refractivity contribution >= 4 is 37.4 Å². The van der Waals surface area contributed by atoms with Crippen LogP contribution in [0.15, 0.2) is 58.3 Å². The van der Waals surface area contributed by atoms with Gasteiger partial charge in [-0.05, 0) is 48.5 Å². The number of sulfonamides is 1. The van der Waals surface area contributed by atoms with Crippen molar-refractivity contribution in [2.45, 2.75) is 15.0 Å². The zero-order chi connectivity index (χ0) is 19.1. The Morgan fingerprint density at radius 2 is 1.42 bits per heavy atom. The number of amides is 1. The Labute approximate surface area is 156 Å². The minimum absolute atomic E-state index is 0.0702. The number of carbonyl (C=O) groups excluding carboxylic acids is 1. The van der Waals surface area contributed by atoms with Crippen LogP contribution in [0.3, 0.4) is 0 Å². The number of nitrogens with two attached hydrogens (primary N) is 1. The van der Waals surface area contributed by atoms with Gasteiger partial charge in [-0.25, -0.2) is 22.0 Å². The van der Waals surface area contributed by atoms with Crippen LogP contribution in [0.1, 0.15) is 10.4 Å². The molecule has 0 bridgehead atoms. The molecule has 0 spiro atoms. The molecule has 10 heteroatoms. The van der Waals surface area contributed by atoms with Crippen molar-refractivity contribution in [2.75, 3.05) is 13.1 Å². The minimum Gasteiger partial charge on any atom is -0.336 e.